The molecule has 4 rings (SSSR count). The average molecular weight is 366 g/mol. The molecule has 1 saturated heterocycles. The predicted molar refractivity (Wildman–Crippen MR) is 99.6 cm³/mol. The van der Waals surface area contributed by atoms with Crippen LogP contribution in [0.1, 0.15) is 48.8 Å². The van der Waals surface area contributed by atoms with Crippen molar-refractivity contribution in [2.24, 2.45) is 0 Å². The second kappa shape index (κ2) is 7.26. The summed E-state index contributed by atoms with van der Waals surface area (Å²) in [6.45, 7) is 5.67. The molecule has 140 valence electrons. The van der Waals surface area contributed by atoms with Crippen LogP contribution in [0.3, 0.4) is 0 Å². The maximum Gasteiger partial charge on any atom is 0.270 e. The molecule has 1 unspecified atom stereocenters. The molecule has 0 bridgehead atoms. The minimum absolute atomic E-state index is 0.0217. The number of nitrogens with zero attached hydrogens (tertiary/aromatic N) is 7. The van der Waals surface area contributed by atoms with Crippen LogP contribution in [0.25, 0.3) is 5.78 Å². The summed E-state index contributed by atoms with van der Waals surface area (Å²) in [5.41, 5.74) is 1.28. The van der Waals surface area contributed by atoms with Gasteiger partial charge in [-0.25, -0.2) is 19.5 Å². The minimum Gasteiger partial charge on any atom is -0.346 e. The molecule has 1 fully saturated rings. The Bertz CT molecular complexity index is 939. The standard InChI is InChI=1S/C18H22N8O/c1-12(2)15-9-14(24-18-21-11-22-26(15)18)16(27)23-13-5-3-8-25(10-13)17-19-6-4-7-20-17/h4,6-7,9,11-13H,3,5,8,10H2,1-2H3,(H,23,27). The zero-order valence-corrected chi connectivity index (χ0v) is 15.4. The van der Waals surface area contributed by atoms with Crippen LogP contribution in [0.2, 0.25) is 0 Å². The van der Waals surface area contributed by atoms with Gasteiger partial charge in [-0.3, -0.25) is 4.79 Å². The molecule has 0 spiro atoms. The molecule has 1 amide bonds. The summed E-state index contributed by atoms with van der Waals surface area (Å²) in [4.78, 5) is 32.0. The van der Waals surface area contributed by atoms with Gasteiger partial charge in [-0.15, -0.1) is 0 Å². The first kappa shape index (κ1) is 17.3. The van der Waals surface area contributed by atoms with E-state index in [1.54, 1.807) is 29.0 Å². The van der Waals surface area contributed by atoms with E-state index < -0.39 is 0 Å². The number of hydrogen-bond donors (Lipinski definition) is 1. The zero-order chi connectivity index (χ0) is 18.8. The predicted octanol–water partition coefficient (Wildman–Crippen LogP) is 1.44. The molecule has 1 aliphatic heterocycles. The number of hydrogen-bond acceptors (Lipinski definition) is 7. The fourth-order valence-corrected chi connectivity index (χ4v) is 3.35. The number of carbonyl (C=O) groups is 1. The number of rotatable bonds is 4. The van der Waals surface area contributed by atoms with Gasteiger partial charge in [0.05, 0.1) is 5.69 Å². The van der Waals surface area contributed by atoms with Crippen LogP contribution in [-0.4, -0.2) is 54.6 Å². The van der Waals surface area contributed by atoms with Crippen molar-refractivity contribution in [3.63, 3.8) is 0 Å². The maximum atomic E-state index is 12.8. The van der Waals surface area contributed by atoms with Crippen LogP contribution < -0.4 is 10.2 Å². The van der Waals surface area contributed by atoms with Gasteiger partial charge in [0.1, 0.15) is 12.0 Å². The van der Waals surface area contributed by atoms with Crippen LogP contribution in [-0.2, 0) is 0 Å². The number of amides is 1. The second-order valence-electron chi connectivity index (χ2n) is 7.00. The van der Waals surface area contributed by atoms with Crippen molar-refractivity contribution in [3.8, 4) is 0 Å². The molecular formula is C18H22N8O. The normalized spacial score (nSPS) is 17.4. The van der Waals surface area contributed by atoms with Gasteiger partial charge < -0.3 is 10.2 Å². The van der Waals surface area contributed by atoms with Gasteiger partial charge in [0.2, 0.25) is 5.95 Å². The summed E-state index contributed by atoms with van der Waals surface area (Å²) < 4.78 is 1.68. The Hall–Kier alpha value is -3.10. The first-order chi connectivity index (χ1) is 13.1. The van der Waals surface area contributed by atoms with E-state index in [1.165, 1.54) is 6.33 Å². The number of anilines is 1. The van der Waals surface area contributed by atoms with Crippen LogP contribution in [0.4, 0.5) is 5.95 Å². The molecule has 4 heterocycles. The third kappa shape index (κ3) is 3.57. The molecule has 0 radical (unpaired) electrons. The highest BCUT2D eigenvalue weighted by molar-refractivity contribution is 5.93. The molecule has 0 aromatic carbocycles. The molecule has 9 nitrogen and oxygen atoms in total. The van der Waals surface area contributed by atoms with Crippen LogP contribution >= 0.6 is 0 Å². The van der Waals surface area contributed by atoms with Crippen molar-refractivity contribution in [2.45, 2.75) is 38.6 Å². The van der Waals surface area contributed by atoms with Gasteiger partial charge >= 0.3 is 0 Å². The molecule has 1 N–H and O–H groups in total. The van der Waals surface area contributed by atoms with Gasteiger partial charge in [-0.2, -0.15) is 10.1 Å². The lowest BCUT2D eigenvalue weighted by Crippen LogP contribution is -2.48. The molecule has 3 aromatic rings. The Balaban J connectivity index is 1.51. The molecule has 0 saturated carbocycles. The summed E-state index contributed by atoms with van der Waals surface area (Å²) >= 11 is 0. The monoisotopic (exact) mass is 366 g/mol. The highest BCUT2D eigenvalue weighted by Gasteiger charge is 2.24. The van der Waals surface area contributed by atoms with Crippen LogP contribution in [0.5, 0.6) is 0 Å². The van der Waals surface area contributed by atoms with E-state index in [9.17, 15) is 4.79 Å². The topological polar surface area (TPSA) is 101 Å². The fourth-order valence-electron chi connectivity index (χ4n) is 3.35. The molecule has 3 aromatic heterocycles. The van der Waals surface area contributed by atoms with Gasteiger partial charge in [0, 0.05) is 31.5 Å². The number of fused-ring (bicyclic) bond motifs is 1. The number of nitrogens with one attached hydrogen (secondary N) is 1. The first-order valence-electron chi connectivity index (χ1n) is 9.15. The van der Waals surface area contributed by atoms with E-state index in [2.05, 4.69) is 49.1 Å². The van der Waals surface area contributed by atoms with E-state index in [0.29, 0.717) is 24.0 Å². The summed E-state index contributed by atoms with van der Waals surface area (Å²) in [6.07, 6.45) is 6.80. The third-order valence-corrected chi connectivity index (χ3v) is 4.70. The lowest BCUT2D eigenvalue weighted by molar-refractivity contribution is 0.0928. The van der Waals surface area contributed by atoms with Crippen LogP contribution in [0, 0.1) is 0 Å². The number of aromatic nitrogens is 6. The number of carbonyl (C=O) groups excluding carboxylic acids is 1. The molecule has 9 heteroatoms. The van der Waals surface area contributed by atoms with Crippen molar-refractivity contribution in [2.75, 3.05) is 18.0 Å². The molecule has 1 atom stereocenters. The van der Waals surface area contributed by atoms with Crippen molar-refractivity contribution in [1.82, 2.24) is 34.9 Å². The van der Waals surface area contributed by atoms with Crippen molar-refractivity contribution < 1.29 is 4.79 Å². The SMILES string of the molecule is CC(C)c1cc(C(=O)NC2CCCN(c3ncccn3)C2)nc2ncnn12. The highest BCUT2D eigenvalue weighted by atomic mass is 16.2. The van der Waals surface area contributed by atoms with Crippen molar-refractivity contribution in [3.05, 3.63) is 42.2 Å². The summed E-state index contributed by atoms with van der Waals surface area (Å²) in [7, 11) is 0. The molecule has 27 heavy (non-hydrogen) atoms. The zero-order valence-electron chi connectivity index (χ0n) is 15.4. The Morgan fingerprint density at radius 3 is 2.85 bits per heavy atom. The van der Waals surface area contributed by atoms with E-state index in [0.717, 1.165) is 25.1 Å². The second-order valence-corrected chi connectivity index (χ2v) is 7.00. The summed E-state index contributed by atoms with van der Waals surface area (Å²) in [5.74, 6) is 1.14. The largest absolute Gasteiger partial charge is 0.346 e. The van der Waals surface area contributed by atoms with Gasteiger partial charge in [-0.1, -0.05) is 13.8 Å². The maximum absolute atomic E-state index is 12.8. The number of piperidine rings is 1. The quantitative estimate of drug-likeness (QED) is 0.745. The molecule has 0 aliphatic carbocycles. The average Bonchev–Trinajstić information content (AvgIpc) is 3.16. The van der Waals surface area contributed by atoms with E-state index in [-0.39, 0.29) is 17.9 Å². The Morgan fingerprint density at radius 1 is 1.26 bits per heavy atom. The Kier molecular flexibility index (Phi) is 4.66. The third-order valence-electron chi connectivity index (χ3n) is 4.70. The first-order valence-corrected chi connectivity index (χ1v) is 9.15. The fraction of sp³-hybridized carbons (Fsp3) is 0.444. The molecular weight excluding hydrogens is 344 g/mol. The molecule has 1 aliphatic rings. The lowest BCUT2D eigenvalue weighted by atomic mass is 10.1. The lowest BCUT2D eigenvalue weighted by Gasteiger charge is -2.33. The Labute approximate surface area is 156 Å². The van der Waals surface area contributed by atoms with Gasteiger partial charge in [0.25, 0.3) is 11.7 Å². The Morgan fingerprint density at radius 2 is 2.07 bits per heavy atom. The summed E-state index contributed by atoms with van der Waals surface area (Å²) in [5, 5.41) is 7.29. The van der Waals surface area contributed by atoms with E-state index in [1.807, 2.05) is 0 Å². The van der Waals surface area contributed by atoms with Crippen molar-refractivity contribution in [1.29, 1.82) is 0 Å². The minimum atomic E-state index is -0.191. The smallest absolute Gasteiger partial charge is 0.270 e. The highest BCUT2D eigenvalue weighted by Crippen LogP contribution is 2.18. The van der Waals surface area contributed by atoms with E-state index >= 15 is 0 Å². The van der Waals surface area contributed by atoms with Crippen molar-refractivity contribution >= 4 is 17.6 Å². The summed E-state index contributed by atoms with van der Waals surface area (Å²) in [6, 6.07) is 3.61. The van der Waals surface area contributed by atoms with Crippen LogP contribution in [0.15, 0.2) is 30.9 Å². The van der Waals surface area contributed by atoms with E-state index in [4.69, 9.17) is 0 Å². The van der Waals surface area contributed by atoms with Gasteiger partial charge in [0.15, 0.2) is 0 Å². The van der Waals surface area contributed by atoms with Gasteiger partial charge in [-0.05, 0) is 30.9 Å².